The minimum absolute atomic E-state index is 0.144. The summed E-state index contributed by atoms with van der Waals surface area (Å²) in [6, 6.07) is 8.00. The highest BCUT2D eigenvalue weighted by molar-refractivity contribution is 6.30. The van der Waals surface area contributed by atoms with Gasteiger partial charge in [-0.15, -0.1) is 0 Å². The van der Waals surface area contributed by atoms with Gasteiger partial charge in [-0.3, -0.25) is 4.79 Å². The Bertz CT molecular complexity index is 840. The van der Waals surface area contributed by atoms with E-state index in [2.05, 4.69) is 21.9 Å². The van der Waals surface area contributed by atoms with Crippen molar-refractivity contribution in [3.05, 3.63) is 34.9 Å². The van der Waals surface area contributed by atoms with Crippen LogP contribution in [0.5, 0.6) is 0 Å². The van der Waals surface area contributed by atoms with E-state index in [1.165, 1.54) is 37.9 Å². The zero-order chi connectivity index (χ0) is 21.7. The van der Waals surface area contributed by atoms with E-state index in [0.29, 0.717) is 29.3 Å². The van der Waals surface area contributed by atoms with E-state index in [-0.39, 0.29) is 12.0 Å². The molecule has 174 valence electrons. The van der Waals surface area contributed by atoms with E-state index in [4.69, 9.17) is 21.1 Å². The summed E-state index contributed by atoms with van der Waals surface area (Å²) >= 11 is 6.02. The molecule has 1 aromatic rings. The third kappa shape index (κ3) is 4.22. The van der Waals surface area contributed by atoms with Crippen LogP contribution >= 0.6 is 11.6 Å². The largest absolute Gasteiger partial charge is 0.381 e. The van der Waals surface area contributed by atoms with Crippen LogP contribution in [0.2, 0.25) is 5.02 Å². The van der Waals surface area contributed by atoms with Crippen molar-refractivity contribution in [1.82, 2.24) is 9.80 Å². The average molecular weight is 459 g/mol. The summed E-state index contributed by atoms with van der Waals surface area (Å²) in [4.78, 5) is 17.9. The molecule has 5 atom stereocenters. The minimum atomic E-state index is 0.144. The molecule has 3 unspecified atom stereocenters. The summed E-state index contributed by atoms with van der Waals surface area (Å²) in [6.07, 6.45) is 7.53. The van der Waals surface area contributed by atoms with E-state index in [0.717, 1.165) is 57.1 Å². The number of carbonyl (C=O) groups is 1. The molecule has 5 aliphatic rings. The Morgan fingerprint density at radius 2 is 1.91 bits per heavy atom. The van der Waals surface area contributed by atoms with Gasteiger partial charge < -0.3 is 19.3 Å². The predicted molar refractivity (Wildman–Crippen MR) is 124 cm³/mol. The number of fused-ring (bicyclic) bond motifs is 1. The first-order valence-corrected chi connectivity index (χ1v) is 13.0. The lowest BCUT2D eigenvalue weighted by molar-refractivity contribution is -0.137. The summed E-state index contributed by atoms with van der Waals surface area (Å²) in [5.41, 5.74) is 1.74. The molecular formula is C26H35ClN2O3. The van der Waals surface area contributed by atoms with Gasteiger partial charge in [0.1, 0.15) is 0 Å². The van der Waals surface area contributed by atoms with Crippen molar-refractivity contribution >= 4 is 17.5 Å². The molecule has 4 saturated heterocycles. The molecule has 5 nitrogen and oxygen atoms in total. The standard InChI is InChI=1S/C26H35ClN2O3/c27-20-3-1-18(2-4-20)22-14-23(22)25(30)29-9-5-19-13-21(32-24(19)16-29)15-28-10-6-26(17-28)7-11-31-12-8-26/h1-4,19,21-24H,5-17H2/t19-,21?,22?,23?,24-/m0/s1. The van der Waals surface area contributed by atoms with Crippen LogP contribution in [0.1, 0.15) is 50.0 Å². The molecule has 4 heterocycles. The monoisotopic (exact) mass is 458 g/mol. The molecule has 5 fully saturated rings. The molecule has 6 heteroatoms. The van der Waals surface area contributed by atoms with Crippen LogP contribution < -0.4 is 0 Å². The zero-order valence-corrected chi connectivity index (χ0v) is 19.6. The molecule has 1 spiro atoms. The van der Waals surface area contributed by atoms with E-state index in [9.17, 15) is 4.79 Å². The molecule has 4 aliphatic heterocycles. The highest BCUT2D eigenvalue weighted by atomic mass is 35.5. The molecule has 1 aromatic carbocycles. The van der Waals surface area contributed by atoms with Gasteiger partial charge >= 0.3 is 0 Å². The summed E-state index contributed by atoms with van der Waals surface area (Å²) in [5.74, 6) is 1.46. The Labute approximate surface area is 196 Å². The molecule has 32 heavy (non-hydrogen) atoms. The first kappa shape index (κ1) is 21.4. The van der Waals surface area contributed by atoms with E-state index >= 15 is 0 Å². The minimum Gasteiger partial charge on any atom is -0.381 e. The Balaban J connectivity index is 1.00. The Hall–Kier alpha value is -1.14. The van der Waals surface area contributed by atoms with Crippen LogP contribution in [0.25, 0.3) is 0 Å². The quantitative estimate of drug-likeness (QED) is 0.685. The highest BCUT2D eigenvalue weighted by Gasteiger charge is 2.49. The average Bonchev–Trinajstić information content (AvgIpc) is 3.37. The number of carbonyl (C=O) groups excluding carboxylic acids is 1. The van der Waals surface area contributed by atoms with Crippen molar-refractivity contribution in [2.75, 3.05) is 45.9 Å². The van der Waals surface area contributed by atoms with Gasteiger partial charge in [-0.1, -0.05) is 23.7 Å². The lowest BCUT2D eigenvalue weighted by atomic mass is 9.80. The van der Waals surface area contributed by atoms with Crippen molar-refractivity contribution in [2.45, 2.75) is 56.7 Å². The first-order valence-electron chi connectivity index (χ1n) is 12.6. The van der Waals surface area contributed by atoms with Crippen molar-refractivity contribution in [3.63, 3.8) is 0 Å². The SMILES string of the molecule is O=C(C1CC1c1ccc(Cl)cc1)N1CC[C@H]2CC(CN3CCC4(CCOCC4)C3)O[C@H]2C1. The Kier molecular flexibility index (Phi) is 5.73. The molecule has 0 N–H and O–H groups in total. The van der Waals surface area contributed by atoms with Gasteiger partial charge in [0.15, 0.2) is 0 Å². The summed E-state index contributed by atoms with van der Waals surface area (Å²) in [7, 11) is 0. The Morgan fingerprint density at radius 1 is 1.09 bits per heavy atom. The number of halogens is 1. The van der Waals surface area contributed by atoms with E-state index < -0.39 is 0 Å². The maximum absolute atomic E-state index is 13.2. The number of benzene rings is 1. The molecule has 1 saturated carbocycles. The first-order chi connectivity index (χ1) is 15.6. The molecule has 0 bridgehead atoms. The van der Waals surface area contributed by atoms with Crippen LogP contribution in [0.4, 0.5) is 0 Å². The number of piperidine rings is 1. The van der Waals surface area contributed by atoms with Crippen LogP contribution in [0, 0.1) is 17.3 Å². The molecule has 0 aromatic heterocycles. The predicted octanol–water partition coefficient (Wildman–Crippen LogP) is 3.95. The van der Waals surface area contributed by atoms with Gasteiger partial charge in [-0.25, -0.2) is 0 Å². The van der Waals surface area contributed by atoms with Gasteiger partial charge in [0.25, 0.3) is 0 Å². The second kappa shape index (κ2) is 8.57. The van der Waals surface area contributed by atoms with Gasteiger partial charge in [0.05, 0.1) is 12.2 Å². The van der Waals surface area contributed by atoms with Crippen LogP contribution in [0.15, 0.2) is 24.3 Å². The van der Waals surface area contributed by atoms with Gasteiger partial charge in [0.2, 0.25) is 5.91 Å². The van der Waals surface area contributed by atoms with Crippen molar-refractivity contribution in [1.29, 1.82) is 0 Å². The number of likely N-dealkylation sites (tertiary alicyclic amines) is 2. The number of nitrogens with zero attached hydrogens (tertiary/aromatic N) is 2. The van der Waals surface area contributed by atoms with Gasteiger partial charge in [0, 0.05) is 50.3 Å². The van der Waals surface area contributed by atoms with Crippen LogP contribution in [-0.4, -0.2) is 73.9 Å². The molecule has 0 radical (unpaired) electrons. The number of amides is 1. The second-order valence-electron chi connectivity index (χ2n) is 11.0. The third-order valence-corrected chi connectivity index (χ3v) is 9.13. The molecular weight excluding hydrogens is 424 g/mol. The zero-order valence-electron chi connectivity index (χ0n) is 18.9. The van der Waals surface area contributed by atoms with Crippen molar-refractivity contribution in [2.24, 2.45) is 17.3 Å². The molecule has 6 rings (SSSR count). The van der Waals surface area contributed by atoms with Crippen molar-refractivity contribution in [3.8, 4) is 0 Å². The summed E-state index contributed by atoms with van der Waals surface area (Å²) < 4.78 is 12.1. The number of hydrogen-bond donors (Lipinski definition) is 0. The second-order valence-corrected chi connectivity index (χ2v) is 11.4. The number of ether oxygens (including phenoxy) is 2. The fraction of sp³-hybridized carbons (Fsp3) is 0.731. The van der Waals surface area contributed by atoms with Crippen LogP contribution in [-0.2, 0) is 14.3 Å². The Morgan fingerprint density at radius 3 is 2.72 bits per heavy atom. The lowest BCUT2D eigenvalue weighted by Crippen LogP contribution is -2.46. The fourth-order valence-electron chi connectivity index (χ4n) is 6.81. The normalized spacial score (nSPS) is 36.4. The van der Waals surface area contributed by atoms with Gasteiger partial charge in [-0.2, -0.15) is 0 Å². The summed E-state index contributed by atoms with van der Waals surface area (Å²) in [6.45, 7) is 7.02. The lowest BCUT2D eigenvalue weighted by Gasteiger charge is -2.34. The smallest absolute Gasteiger partial charge is 0.226 e. The maximum atomic E-state index is 13.2. The van der Waals surface area contributed by atoms with Gasteiger partial charge in [-0.05, 0) is 80.0 Å². The van der Waals surface area contributed by atoms with Crippen molar-refractivity contribution < 1.29 is 14.3 Å². The highest BCUT2D eigenvalue weighted by Crippen LogP contribution is 2.49. The number of hydrogen-bond acceptors (Lipinski definition) is 4. The topological polar surface area (TPSA) is 42.0 Å². The summed E-state index contributed by atoms with van der Waals surface area (Å²) in [5, 5.41) is 0.754. The molecule has 1 amide bonds. The maximum Gasteiger partial charge on any atom is 0.226 e. The fourth-order valence-corrected chi connectivity index (χ4v) is 6.94. The third-order valence-electron chi connectivity index (χ3n) is 8.88. The van der Waals surface area contributed by atoms with E-state index in [1.54, 1.807) is 0 Å². The molecule has 1 aliphatic carbocycles. The van der Waals surface area contributed by atoms with E-state index in [1.807, 2.05) is 12.1 Å². The number of rotatable bonds is 4. The van der Waals surface area contributed by atoms with Crippen LogP contribution in [0.3, 0.4) is 0 Å².